The maximum atomic E-state index is 11.7. The van der Waals surface area contributed by atoms with Crippen LogP contribution in [0.5, 0.6) is 0 Å². The second-order valence-corrected chi connectivity index (χ2v) is 8.66. The molecule has 0 saturated heterocycles. The standard InChI is InChI=1S/C13H15Cl2N3O2S/c1-8-5-9(7-10(14)6-8)11-16-17-12(21(15,19)20)18(11)13(2,3)4/h5-7H,1-4H3. The Hall–Kier alpha value is -1.11. The first-order valence-electron chi connectivity index (χ1n) is 6.18. The monoisotopic (exact) mass is 347 g/mol. The molecule has 0 amide bonds. The second-order valence-electron chi connectivity index (χ2n) is 5.77. The molecule has 0 aliphatic heterocycles. The average molecular weight is 348 g/mol. The molecule has 0 bridgehead atoms. The van der Waals surface area contributed by atoms with Gasteiger partial charge in [0, 0.05) is 26.8 Å². The van der Waals surface area contributed by atoms with Crippen LogP contribution in [0, 0.1) is 6.92 Å². The minimum Gasteiger partial charge on any atom is -0.291 e. The van der Waals surface area contributed by atoms with E-state index in [1.165, 1.54) is 4.57 Å². The molecule has 0 N–H and O–H groups in total. The third kappa shape index (κ3) is 3.39. The summed E-state index contributed by atoms with van der Waals surface area (Å²) in [4.78, 5) is 0. The summed E-state index contributed by atoms with van der Waals surface area (Å²) in [7, 11) is 1.46. The van der Waals surface area contributed by atoms with E-state index in [1.54, 1.807) is 6.07 Å². The fourth-order valence-corrected chi connectivity index (χ4v) is 3.39. The van der Waals surface area contributed by atoms with Crippen LogP contribution in [-0.2, 0) is 14.6 Å². The van der Waals surface area contributed by atoms with Crippen LogP contribution in [-0.4, -0.2) is 23.2 Å². The van der Waals surface area contributed by atoms with E-state index in [-0.39, 0.29) is 5.16 Å². The lowest BCUT2D eigenvalue weighted by Gasteiger charge is -2.24. The van der Waals surface area contributed by atoms with Gasteiger partial charge in [0.25, 0.3) is 14.2 Å². The molecule has 0 radical (unpaired) electrons. The van der Waals surface area contributed by atoms with Crippen LogP contribution >= 0.6 is 22.3 Å². The van der Waals surface area contributed by atoms with Crippen molar-refractivity contribution in [3.63, 3.8) is 0 Å². The molecule has 5 nitrogen and oxygen atoms in total. The summed E-state index contributed by atoms with van der Waals surface area (Å²) >= 11 is 6.06. The summed E-state index contributed by atoms with van der Waals surface area (Å²) in [5, 5.41) is 8.00. The molecule has 0 spiro atoms. The van der Waals surface area contributed by atoms with Crippen LogP contribution in [0.1, 0.15) is 26.3 Å². The zero-order chi connectivity index (χ0) is 16.0. The van der Waals surface area contributed by atoms with Crippen molar-refractivity contribution in [3.05, 3.63) is 28.8 Å². The molecule has 0 atom stereocenters. The van der Waals surface area contributed by atoms with Gasteiger partial charge in [-0.25, -0.2) is 8.42 Å². The largest absolute Gasteiger partial charge is 0.296 e. The topological polar surface area (TPSA) is 64.8 Å². The first-order chi connectivity index (χ1) is 9.50. The van der Waals surface area contributed by atoms with Crippen LogP contribution in [0.3, 0.4) is 0 Å². The first-order valence-corrected chi connectivity index (χ1v) is 8.87. The molecule has 8 heteroatoms. The average Bonchev–Trinajstić information content (AvgIpc) is 2.70. The number of aryl methyl sites for hydroxylation is 1. The summed E-state index contributed by atoms with van der Waals surface area (Å²) < 4.78 is 24.9. The summed E-state index contributed by atoms with van der Waals surface area (Å²) in [5.41, 5.74) is 1.07. The molecule has 21 heavy (non-hydrogen) atoms. The number of halogens is 2. The van der Waals surface area contributed by atoms with Gasteiger partial charge in [0.05, 0.1) is 0 Å². The maximum absolute atomic E-state index is 11.7. The van der Waals surface area contributed by atoms with E-state index in [4.69, 9.17) is 22.3 Å². The van der Waals surface area contributed by atoms with Gasteiger partial charge in [0.1, 0.15) is 0 Å². The summed E-state index contributed by atoms with van der Waals surface area (Å²) in [6, 6.07) is 5.39. The number of aromatic nitrogens is 3. The van der Waals surface area contributed by atoms with Crippen molar-refractivity contribution < 1.29 is 8.42 Å². The smallest absolute Gasteiger partial charge is 0.291 e. The highest BCUT2D eigenvalue weighted by atomic mass is 35.7. The lowest BCUT2D eigenvalue weighted by molar-refractivity contribution is 0.367. The van der Waals surface area contributed by atoms with Gasteiger partial charge in [0.15, 0.2) is 5.82 Å². The van der Waals surface area contributed by atoms with Gasteiger partial charge in [-0.05, 0) is 51.5 Å². The van der Waals surface area contributed by atoms with Crippen molar-refractivity contribution in [2.45, 2.75) is 38.4 Å². The lowest BCUT2D eigenvalue weighted by Crippen LogP contribution is -2.25. The molecule has 1 heterocycles. The molecule has 0 unspecified atom stereocenters. The van der Waals surface area contributed by atoms with Crippen LogP contribution < -0.4 is 0 Å². The number of hydrogen-bond donors (Lipinski definition) is 0. The number of benzene rings is 1. The molecular formula is C13H15Cl2N3O2S. The number of nitrogens with zero attached hydrogens (tertiary/aromatic N) is 3. The Morgan fingerprint density at radius 2 is 1.76 bits per heavy atom. The first kappa shape index (κ1) is 16.3. The van der Waals surface area contributed by atoms with Crippen molar-refractivity contribution >= 4 is 31.3 Å². The van der Waals surface area contributed by atoms with Crippen molar-refractivity contribution in [1.82, 2.24) is 14.8 Å². The third-order valence-electron chi connectivity index (χ3n) is 2.82. The van der Waals surface area contributed by atoms with E-state index in [0.29, 0.717) is 16.4 Å². The normalized spacial score (nSPS) is 12.7. The highest BCUT2D eigenvalue weighted by Crippen LogP contribution is 2.31. The SMILES string of the molecule is Cc1cc(Cl)cc(-c2nnc(S(=O)(=O)Cl)n2C(C)(C)C)c1. The van der Waals surface area contributed by atoms with Gasteiger partial charge in [-0.15, -0.1) is 10.2 Å². The Morgan fingerprint density at radius 1 is 1.14 bits per heavy atom. The molecule has 2 rings (SSSR count). The molecule has 0 fully saturated rings. The van der Waals surface area contributed by atoms with E-state index in [0.717, 1.165) is 5.56 Å². The second kappa shape index (κ2) is 5.26. The Balaban J connectivity index is 2.79. The molecule has 0 saturated carbocycles. The summed E-state index contributed by atoms with van der Waals surface area (Å²) in [5.74, 6) is 0.410. The zero-order valence-electron chi connectivity index (χ0n) is 12.1. The highest BCUT2D eigenvalue weighted by Gasteiger charge is 2.30. The minimum absolute atomic E-state index is 0.274. The Morgan fingerprint density at radius 3 is 2.24 bits per heavy atom. The molecule has 1 aromatic carbocycles. The zero-order valence-corrected chi connectivity index (χ0v) is 14.4. The Kier molecular flexibility index (Phi) is 4.08. The Labute approximate surface area is 133 Å². The van der Waals surface area contributed by atoms with E-state index in [2.05, 4.69) is 10.2 Å². The molecule has 114 valence electrons. The molecular weight excluding hydrogens is 333 g/mol. The fourth-order valence-electron chi connectivity index (χ4n) is 2.08. The van der Waals surface area contributed by atoms with E-state index >= 15 is 0 Å². The van der Waals surface area contributed by atoms with Gasteiger partial charge in [0.2, 0.25) is 0 Å². The van der Waals surface area contributed by atoms with Gasteiger partial charge in [-0.1, -0.05) is 11.6 Å². The van der Waals surface area contributed by atoms with Crippen molar-refractivity contribution in [1.29, 1.82) is 0 Å². The van der Waals surface area contributed by atoms with Crippen molar-refractivity contribution in [2.75, 3.05) is 0 Å². The lowest BCUT2D eigenvalue weighted by atomic mass is 10.1. The molecule has 1 aromatic heterocycles. The summed E-state index contributed by atoms with van der Waals surface area (Å²) in [6.07, 6.45) is 0. The van der Waals surface area contributed by atoms with Crippen LogP contribution in [0.2, 0.25) is 5.02 Å². The maximum Gasteiger partial charge on any atom is 0.296 e. The third-order valence-corrected chi connectivity index (χ3v) is 4.16. The van der Waals surface area contributed by atoms with Gasteiger partial charge in [-0.3, -0.25) is 4.57 Å². The van der Waals surface area contributed by atoms with Crippen LogP contribution in [0.15, 0.2) is 23.4 Å². The Bertz CT molecular complexity index is 772. The quantitative estimate of drug-likeness (QED) is 0.778. The highest BCUT2D eigenvalue weighted by molar-refractivity contribution is 8.13. The fraction of sp³-hybridized carbons (Fsp3) is 0.385. The number of rotatable bonds is 2. The molecule has 2 aromatic rings. The van der Waals surface area contributed by atoms with Crippen LogP contribution in [0.25, 0.3) is 11.4 Å². The van der Waals surface area contributed by atoms with E-state index < -0.39 is 14.6 Å². The van der Waals surface area contributed by atoms with Crippen molar-refractivity contribution in [2.24, 2.45) is 0 Å². The van der Waals surface area contributed by atoms with Crippen molar-refractivity contribution in [3.8, 4) is 11.4 Å². The summed E-state index contributed by atoms with van der Waals surface area (Å²) in [6.45, 7) is 7.45. The molecule has 0 aliphatic rings. The van der Waals surface area contributed by atoms with Crippen LogP contribution in [0.4, 0.5) is 0 Å². The van der Waals surface area contributed by atoms with E-state index in [1.807, 2.05) is 39.8 Å². The van der Waals surface area contributed by atoms with Gasteiger partial charge in [-0.2, -0.15) is 0 Å². The number of hydrogen-bond acceptors (Lipinski definition) is 4. The van der Waals surface area contributed by atoms with Gasteiger partial charge >= 0.3 is 0 Å². The predicted molar refractivity (Wildman–Crippen MR) is 83.2 cm³/mol. The van der Waals surface area contributed by atoms with E-state index in [9.17, 15) is 8.42 Å². The molecule has 0 aliphatic carbocycles. The van der Waals surface area contributed by atoms with Gasteiger partial charge < -0.3 is 0 Å². The minimum atomic E-state index is -4.00. The predicted octanol–water partition coefficient (Wildman–Crippen LogP) is 3.59.